The summed E-state index contributed by atoms with van der Waals surface area (Å²) in [4.78, 5) is 28.5. The fraction of sp³-hybridized carbons (Fsp3) is 0.333. The minimum Gasteiger partial charge on any atom is -0.494 e. The molecule has 0 aliphatic carbocycles. The van der Waals surface area contributed by atoms with Gasteiger partial charge < -0.3 is 15.0 Å². The summed E-state index contributed by atoms with van der Waals surface area (Å²) in [6.07, 6.45) is 0.231. The number of halogens is 3. The summed E-state index contributed by atoms with van der Waals surface area (Å²) in [5, 5.41) is 3.40. The normalized spacial score (nSPS) is 12.1. The number of benzene rings is 3. The number of carbonyl (C=O) groups excluding carboxylic acids is 2. The molecule has 3 rings (SSSR count). The van der Waals surface area contributed by atoms with Crippen molar-refractivity contribution in [1.82, 2.24) is 10.2 Å². The van der Waals surface area contributed by atoms with Gasteiger partial charge in [-0.3, -0.25) is 13.9 Å². The molecular formula is C30H34Cl2FN3O5S. The molecule has 0 heterocycles. The maximum absolute atomic E-state index is 14.1. The Hall–Kier alpha value is -3.34. The predicted molar refractivity (Wildman–Crippen MR) is 163 cm³/mol. The van der Waals surface area contributed by atoms with Crippen molar-refractivity contribution >= 4 is 50.7 Å². The fourth-order valence-corrected chi connectivity index (χ4v) is 6.22. The number of hydrogen-bond acceptors (Lipinski definition) is 5. The van der Waals surface area contributed by atoms with E-state index in [9.17, 15) is 22.4 Å². The Bertz CT molecular complexity index is 1470. The van der Waals surface area contributed by atoms with Gasteiger partial charge in [0.25, 0.3) is 10.0 Å². The zero-order chi connectivity index (χ0) is 31.0. The van der Waals surface area contributed by atoms with Crippen LogP contribution in [0.2, 0.25) is 10.0 Å². The van der Waals surface area contributed by atoms with Crippen molar-refractivity contribution in [2.24, 2.45) is 0 Å². The van der Waals surface area contributed by atoms with E-state index >= 15 is 0 Å². The van der Waals surface area contributed by atoms with Crippen molar-refractivity contribution in [2.75, 3.05) is 17.5 Å². The summed E-state index contributed by atoms with van der Waals surface area (Å²) in [6.45, 7) is 6.70. The molecule has 1 N–H and O–H groups in total. The lowest BCUT2D eigenvalue weighted by molar-refractivity contribution is -0.140. The van der Waals surface area contributed by atoms with Crippen molar-refractivity contribution in [3.63, 3.8) is 0 Å². The van der Waals surface area contributed by atoms with Crippen molar-refractivity contribution in [1.29, 1.82) is 0 Å². The molecule has 0 spiro atoms. The average molecular weight is 639 g/mol. The first-order chi connectivity index (χ1) is 19.9. The summed E-state index contributed by atoms with van der Waals surface area (Å²) in [5.41, 5.74) is 0.474. The average Bonchev–Trinajstić information content (AvgIpc) is 2.93. The van der Waals surface area contributed by atoms with Gasteiger partial charge in [0.2, 0.25) is 11.8 Å². The van der Waals surface area contributed by atoms with Gasteiger partial charge in [0.05, 0.1) is 17.2 Å². The summed E-state index contributed by atoms with van der Waals surface area (Å²) in [7, 11) is -4.33. The number of anilines is 1. The number of carbonyl (C=O) groups is 2. The Labute approximate surface area is 256 Å². The van der Waals surface area contributed by atoms with Crippen LogP contribution in [0.15, 0.2) is 71.6 Å². The molecular weight excluding hydrogens is 604 g/mol. The minimum atomic E-state index is -4.33. The van der Waals surface area contributed by atoms with Crippen LogP contribution >= 0.6 is 23.2 Å². The molecule has 2 amide bonds. The highest BCUT2D eigenvalue weighted by Crippen LogP contribution is 2.29. The lowest BCUT2D eigenvalue weighted by Gasteiger charge is -2.34. The lowest BCUT2D eigenvalue weighted by Crippen LogP contribution is -2.53. The quantitative estimate of drug-likeness (QED) is 0.246. The van der Waals surface area contributed by atoms with Gasteiger partial charge in [-0.15, -0.1) is 0 Å². The number of amides is 2. The third-order valence-electron chi connectivity index (χ3n) is 6.32. The summed E-state index contributed by atoms with van der Waals surface area (Å²) < 4.78 is 48.0. The second-order valence-corrected chi connectivity index (χ2v) is 12.4. The summed E-state index contributed by atoms with van der Waals surface area (Å²) >= 11 is 12.8. The van der Waals surface area contributed by atoms with E-state index in [0.717, 1.165) is 16.4 Å². The zero-order valence-corrected chi connectivity index (χ0v) is 26.1. The van der Waals surface area contributed by atoms with Crippen molar-refractivity contribution in [3.8, 4) is 5.75 Å². The third kappa shape index (κ3) is 8.14. The van der Waals surface area contributed by atoms with Crippen molar-refractivity contribution in [2.45, 2.75) is 57.6 Å². The number of nitrogens with zero attached hydrogens (tertiary/aromatic N) is 2. The van der Waals surface area contributed by atoms with Crippen LogP contribution in [0.1, 0.15) is 39.7 Å². The molecule has 0 radical (unpaired) electrons. The first-order valence-electron chi connectivity index (χ1n) is 13.4. The smallest absolute Gasteiger partial charge is 0.264 e. The van der Waals surface area contributed by atoms with Crippen LogP contribution in [0.25, 0.3) is 0 Å². The Balaban J connectivity index is 2.09. The van der Waals surface area contributed by atoms with Gasteiger partial charge in [-0.25, -0.2) is 12.8 Å². The lowest BCUT2D eigenvalue weighted by atomic mass is 10.1. The standard InChI is InChI=1S/C30H34Cl2FN3O5S/c1-5-28(30(38)34-20(3)4)35(18-25-26(31)8-7-9-27(25)32)29(37)19-36(22-12-10-21(33)11-13-22)42(39,40)24-16-14-23(15-17-24)41-6-2/h7-17,20,28H,5-6,18-19H2,1-4H3,(H,34,38)/t28-/m1/s1. The first-order valence-corrected chi connectivity index (χ1v) is 15.6. The fourth-order valence-electron chi connectivity index (χ4n) is 4.29. The predicted octanol–water partition coefficient (Wildman–Crippen LogP) is 6.06. The van der Waals surface area contributed by atoms with Crippen LogP contribution < -0.4 is 14.4 Å². The number of hydrogen-bond donors (Lipinski definition) is 1. The Morgan fingerprint density at radius 1 is 0.952 bits per heavy atom. The van der Waals surface area contributed by atoms with Gasteiger partial charge in [0.15, 0.2) is 0 Å². The van der Waals surface area contributed by atoms with Crippen LogP contribution in [0, 0.1) is 5.82 Å². The molecule has 0 fully saturated rings. The monoisotopic (exact) mass is 637 g/mol. The largest absolute Gasteiger partial charge is 0.494 e. The van der Waals surface area contributed by atoms with Crippen LogP contribution in [0.3, 0.4) is 0 Å². The molecule has 0 saturated heterocycles. The van der Waals surface area contributed by atoms with E-state index in [1.54, 1.807) is 45.9 Å². The molecule has 3 aromatic rings. The Morgan fingerprint density at radius 2 is 1.55 bits per heavy atom. The van der Waals surface area contributed by atoms with Crippen molar-refractivity contribution < 1.29 is 27.1 Å². The highest BCUT2D eigenvalue weighted by molar-refractivity contribution is 7.92. The van der Waals surface area contributed by atoms with E-state index in [0.29, 0.717) is 17.9 Å². The first kappa shape index (κ1) is 33.2. The molecule has 42 heavy (non-hydrogen) atoms. The van der Waals surface area contributed by atoms with E-state index in [4.69, 9.17) is 27.9 Å². The molecule has 0 aliphatic rings. The van der Waals surface area contributed by atoms with Gasteiger partial charge in [-0.1, -0.05) is 36.2 Å². The second-order valence-electron chi connectivity index (χ2n) is 9.70. The number of ether oxygens (including phenoxy) is 1. The highest BCUT2D eigenvalue weighted by atomic mass is 35.5. The zero-order valence-electron chi connectivity index (χ0n) is 23.8. The molecule has 1 atom stereocenters. The minimum absolute atomic E-state index is 0.0639. The number of nitrogens with one attached hydrogen (secondary N) is 1. The topological polar surface area (TPSA) is 96.0 Å². The van der Waals surface area contributed by atoms with E-state index in [1.165, 1.54) is 41.3 Å². The SMILES string of the molecule is CCOc1ccc(S(=O)(=O)N(CC(=O)N(Cc2c(Cl)cccc2Cl)[C@H](CC)C(=O)NC(C)C)c2ccc(F)cc2)cc1. The van der Waals surface area contributed by atoms with Gasteiger partial charge in [0, 0.05) is 28.2 Å². The highest BCUT2D eigenvalue weighted by Gasteiger charge is 2.34. The number of rotatable bonds is 13. The molecule has 0 unspecified atom stereocenters. The van der Waals surface area contributed by atoms with Crippen LogP contribution in [0.4, 0.5) is 10.1 Å². The third-order valence-corrected chi connectivity index (χ3v) is 8.82. The van der Waals surface area contributed by atoms with Gasteiger partial charge >= 0.3 is 0 Å². The molecule has 226 valence electrons. The van der Waals surface area contributed by atoms with Gasteiger partial charge in [0.1, 0.15) is 24.2 Å². The second kappa shape index (κ2) is 14.7. The van der Waals surface area contributed by atoms with Crippen LogP contribution in [0.5, 0.6) is 5.75 Å². The summed E-state index contributed by atoms with van der Waals surface area (Å²) in [5.74, 6) is -1.19. The summed E-state index contributed by atoms with van der Waals surface area (Å²) in [6, 6.07) is 14.2. The van der Waals surface area contributed by atoms with E-state index in [-0.39, 0.29) is 39.6 Å². The molecule has 8 nitrogen and oxygen atoms in total. The molecule has 0 aliphatic heterocycles. The van der Waals surface area contributed by atoms with E-state index in [1.807, 2.05) is 0 Å². The van der Waals surface area contributed by atoms with Crippen LogP contribution in [-0.2, 0) is 26.2 Å². The van der Waals surface area contributed by atoms with Crippen LogP contribution in [-0.4, -0.2) is 50.4 Å². The maximum Gasteiger partial charge on any atom is 0.264 e. The van der Waals surface area contributed by atoms with Gasteiger partial charge in [-0.05, 0) is 87.9 Å². The molecule has 0 saturated carbocycles. The number of sulfonamides is 1. The van der Waals surface area contributed by atoms with Crippen molar-refractivity contribution in [3.05, 3.63) is 88.2 Å². The molecule has 0 aromatic heterocycles. The van der Waals surface area contributed by atoms with Gasteiger partial charge in [-0.2, -0.15) is 0 Å². The van der Waals surface area contributed by atoms with E-state index < -0.39 is 40.2 Å². The maximum atomic E-state index is 14.1. The molecule has 0 bridgehead atoms. The Kier molecular flexibility index (Phi) is 11.6. The Morgan fingerprint density at radius 3 is 2.07 bits per heavy atom. The molecule has 12 heteroatoms. The molecule has 3 aromatic carbocycles. The van der Waals surface area contributed by atoms with E-state index in [2.05, 4.69) is 5.32 Å².